The van der Waals surface area contributed by atoms with Crippen LogP contribution in [-0.2, 0) is 26.2 Å². The molecule has 0 saturated heterocycles. The summed E-state index contributed by atoms with van der Waals surface area (Å²) in [4.78, 5) is 71.9. The number of carboxylic acid groups (broad SMARTS) is 1. The average Bonchev–Trinajstić information content (AvgIpc) is 3.73. The SMILES string of the molecule is Nc1ccccc1NC(=O)c1ccc(CN2Cc3ccccc3C2=O)cc1.O=C(O)c1ccc(CN2Cc3ccccc3C2=O)cc1.O=Cc1ccccc1C=O. The Labute approximate surface area is 329 Å². The molecule has 0 fully saturated rings. The van der Waals surface area contributed by atoms with Crippen LogP contribution >= 0.6 is 0 Å². The van der Waals surface area contributed by atoms with Gasteiger partial charge in [0.25, 0.3) is 17.7 Å². The number of nitrogens with two attached hydrogens (primary N) is 1. The first kappa shape index (κ1) is 39.0. The van der Waals surface area contributed by atoms with Gasteiger partial charge in [-0.1, -0.05) is 97.1 Å². The lowest BCUT2D eigenvalue weighted by Gasteiger charge is -2.16. The minimum atomic E-state index is -0.943. The van der Waals surface area contributed by atoms with Crippen molar-refractivity contribution in [1.82, 2.24) is 9.80 Å². The van der Waals surface area contributed by atoms with Gasteiger partial charge in [-0.25, -0.2) is 4.79 Å². The zero-order valence-electron chi connectivity index (χ0n) is 30.7. The number of aromatic carboxylic acids is 1. The van der Waals surface area contributed by atoms with Crippen molar-refractivity contribution in [2.75, 3.05) is 11.1 Å². The minimum absolute atomic E-state index is 0.0305. The maximum absolute atomic E-state index is 12.5. The Balaban J connectivity index is 0.000000160. The third-order valence-electron chi connectivity index (χ3n) is 9.42. The van der Waals surface area contributed by atoms with Gasteiger partial charge in [0.05, 0.1) is 16.9 Å². The van der Waals surface area contributed by atoms with Crippen LogP contribution < -0.4 is 11.1 Å². The number of aldehydes is 2. The van der Waals surface area contributed by atoms with Gasteiger partial charge in [-0.05, 0) is 70.8 Å². The fourth-order valence-corrected chi connectivity index (χ4v) is 6.37. The summed E-state index contributed by atoms with van der Waals surface area (Å²) in [6.07, 6.45) is 1.34. The third-order valence-corrected chi connectivity index (χ3v) is 9.42. The van der Waals surface area contributed by atoms with Crippen molar-refractivity contribution in [1.29, 1.82) is 0 Å². The molecule has 57 heavy (non-hydrogen) atoms. The van der Waals surface area contributed by atoms with E-state index in [0.29, 0.717) is 66.8 Å². The first-order valence-electron chi connectivity index (χ1n) is 18.0. The normalized spacial score (nSPS) is 12.3. The molecule has 0 aromatic heterocycles. The van der Waals surface area contributed by atoms with E-state index < -0.39 is 5.97 Å². The Hall–Kier alpha value is -7.66. The molecule has 0 unspecified atom stereocenters. The van der Waals surface area contributed by atoms with Crippen LogP contribution in [0.15, 0.2) is 146 Å². The zero-order chi connectivity index (χ0) is 40.3. The summed E-state index contributed by atoms with van der Waals surface area (Å²) < 4.78 is 0. The number of hydrogen-bond donors (Lipinski definition) is 3. The van der Waals surface area contributed by atoms with Crippen LogP contribution in [0.2, 0.25) is 0 Å². The van der Waals surface area contributed by atoms with Crippen molar-refractivity contribution in [2.45, 2.75) is 26.2 Å². The molecule has 0 saturated carbocycles. The van der Waals surface area contributed by atoms with Gasteiger partial charge in [0.1, 0.15) is 0 Å². The Morgan fingerprint density at radius 2 is 1.00 bits per heavy atom. The van der Waals surface area contributed by atoms with Crippen molar-refractivity contribution in [3.05, 3.63) is 201 Å². The first-order valence-corrected chi connectivity index (χ1v) is 18.0. The number of carbonyl (C=O) groups is 6. The van der Waals surface area contributed by atoms with Gasteiger partial charge >= 0.3 is 5.97 Å². The quantitative estimate of drug-likeness (QED) is 0.101. The number of nitrogen functional groups attached to an aromatic ring is 1. The van der Waals surface area contributed by atoms with Gasteiger partial charge in [-0.3, -0.25) is 24.0 Å². The Kier molecular flexibility index (Phi) is 12.4. The number of carbonyl (C=O) groups excluding carboxylic acids is 5. The second-order valence-electron chi connectivity index (χ2n) is 13.2. The second kappa shape index (κ2) is 18.1. The van der Waals surface area contributed by atoms with E-state index in [9.17, 15) is 28.8 Å². The van der Waals surface area contributed by atoms with Crippen LogP contribution in [0.5, 0.6) is 0 Å². The Morgan fingerprint density at radius 3 is 1.44 bits per heavy atom. The highest BCUT2D eigenvalue weighted by atomic mass is 16.4. The van der Waals surface area contributed by atoms with E-state index >= 15 is 0 Å². The summed E-state index contributed by atoms with van der Waals surface area (Å²) in [5, 5.41) is 11.7. The minimum Gasteiger partial charge on any atom is -0.478 e. The number of anilines is 2. The van der Waals surface area contributed by atoms with Crippen molar-refractivity contribution >= 4 is 47.6 Å². The molecule has 0 aliphatic carbocycles. The summed E-state index contributed by atoms with van der Waals surface area (Å²) in [5.74, 6) is -1.08. The lowest BCUT2D eigenvalue weighted by molar-refractivity contribution is 0.0694. The van der Waals surface area contributed by atoms with E-state index in [1.807, 2.05) is 77.7 Å². The zero-order valence-corrected chi connectivity index (χ0v) is 30.7. The molecule has 0 atom stereocenters. The number of para-hydroxylation sites is 2. The van der Waals surface area contributed by atoms with Crippen molar-refractivity contribution < 1.29 is 33.9 Å². The van der Waals surface area contributed by atoms with Gasteiger partial charge < -0.3 is 26.0 Å². The van der Waals surface area contributed by atoms with E-state index in [2.05, 4.69) is 5.32 Å². The lowest BCUT2D eigenvalue weighted by atomic mass is 10.1. The Bertz CT molecular complexity index is 2420. The number of amides is 3. The third kappa shape index (κ3) is 9.53. The number of fused-ring (bicyclic) bond motifs is 2. The molecule has 284 valence electrons. The molecule has 2 aliphatic heterocycles. The van der Waals surface area contributed by atoms with Crippen LogP contribution in [0.1, 0.15) is 84.4 Å². The van der Waals surface area contributed by atoms with Crippen molar-refractivity contribution in [3.63, 3.8) is 0 Å². The molecular weight excluding hydrogens is 721 g/mol. The molecule has 2 heterocycles. The lowest BCUT2D eigenvalue weighted by Crippen LogP contribution is -2.23. The highest BCUT2D eigenvalue weighted by molar-refractivity contribution is 6.05. The molecule has 6 aromatic carbocycles. The number of nitrogens with one attached hydrogen (secondary N) is 1. The largest absolute Gasteiger partial charge is 0.478 e. The standard InChI is InChI=1S/C22H19N3O2.C16H13NO3.C8H6O2/c23-19-7-3-4-8-20(19)24-21(26)16-11-9-15(10-12-16)13-25-14-17-5-1-2-6-18(17)22(25)27;18-15-14-4-2-1-3-13(14)10-17(15)9-11-5-7-12(8-6-11)16(19)20;9-5-7-3-1-2-4-8(7)6-10/h1-12H,13-14,23H2,(H,24,26);1-8H,9-10H2,(H,19,20);1-6H. The number of rotatable bonds is 9. The number of nitrogens with zero attached hydrogens (tertiary/aromatic N) is 2. The summed E-state index contributed by atoms with van der Waals surface area (Å²) in [6.45, 7) is 2.23. The van der Waals surface area contributed by atoms with Crippen LogP contribution in [0.4, 0.5) is 11.4 Å². The molecule has 4 N–H and O–H groups in total. The van der Waals surface area contributed by atoms with E-state index in [4.69, 9.17) is 10.8 Å². The molecule has 0 radical (unpaired) electrons. The van der Waals surface area contributed by atoms with Gasteiger partial charge in [-0.15, -0.1) is 0 Å². The average molecular weight is 759 g/mol. The van der Waals surface area contributed by atoms with Gasteiger partial charge in [0.2, 0.25) is 0 Å². The van der Waals surface area contributed by atoms with Crippen LogP contribution in [-0.4, -0.2) is 51.2 Å². The molecule has 3 amide bonds. The number of benzene rings is 6. The van der Waals surface area contributed by atoms with E-state index in [0.717, 1.165) is 33.4 Å². The van der Waals surface area contributed by atoms with Gasteiger partial charge in [0.15, 0.2) is 12.6 Å². The maximum Gasteiger partial charge on any atom is 0.335 e. The van der Waals surface area contributed by atoms with Gasteiger partial charge in [0, 0.05) is 54.0 Å². The summed E-state index contributed by atoms with van der Waals surface area (Å²) in [6, 6.07) is 42.9. The molecule has 0 bridgehead atoms. The molecule has 0 spiro atoms. The summed E-state index contributed by atoms with van der Waals surface area (Å²) >= 11 is 0. The van der Waals surface area contributed by atoms with E-state index in [-0.39, 0.29) is 23.3 Å². The molecular formula is C46H38N4O7. The predicted molar refractivity (Wildman–Crippen MR) is 216 cm³/mol. The van der Waals surface area contributed by atoms with E-state index in [1.165, 1.54) is 0 Å². The Morgan fingerprint density at radius 1 is 0.579 bits per heavy atom. The molecule has 8 rings (SSSR count). The summed E-state index contributed by atoms with van der Waals surface area (Å²) in [5.41, 5.74) is 14.2. The molecule has 2 aliphatic rings. The fourth-order valence-electron chi connectivity index (χ4n) is 6.37. The fraction of sp³-hybridized carbons (Fsp3) is 0.0870. The molecule has 11 nitrogen and oxygen atoms in total. The van der Waals surface area contributed by atoms with Crippen LogP contribution in [0.25, 0.3) is 0 Å². The highest BCUT2D eigenvalue weighted by Crippen LogP contribution is 2.26. The number of carboxylic acids is 1. The topological polar surface area (TPSA) is 167 Å². The van der Waals surface area contributed by atoms with Crippen LogP contribution in [0.3, 0.4) is 0 Å². The first-order chi connectivity index (χ1) is 27.6. The monoisotopic (exact) mass is 758 g/mol. The van der Waals surface area contributed by atoms with Crippen LogP contribution in [0, 0.1) is 0 Å². The smallest absolute Gasteiger partial charge is 0.335 e. The van der Waals surface area contributed by atoms with Crippen molar-refractivity contribution in [2.24, 2.45) is 0 Å². The molecule has 6 aromatic rings. The number of hydrogen-bond acceptors (Lipinski definition) is 7. The maximum atomic E-state index is 12.5. The second-order valence-corrected chi connectivity index (χ2v) is 13.2. The van der Waals surface area contributed by atoms with Gasteiger partial charge in [-0.2, -0.15) is 0 Å². The molecule has 11 heteroatoms. The van der Waals surface area contributed by atoms with Crippen molar-refractivity contribution in [3.8, 4) is 0 Å². The van der Waals surface area contributed by atoms with E-state index in [1.54, 1.807) is 77.7 Å². The highest BCUT2D eigenvalue weighted by Gasteiger charge is 2.27. The predicted octanol–water partition coefficient (Wildman–Crippen LogP) is 7.53. The summed E-state index contributed by atoms with van der Waals surface area (Å²) in [7, 11) is 0.